The zero-order valence-electron chi connectivity index (χ0n) is 15.4. The molecule has 0 saturated carbocycles. The van der Waals surface area contributed by atoms with E-state index in [1.807, 2.05) is 43.3 Å². The van der Waals surface area contributed by atoms with Crippen molar-refractivity contribution in [1.82, 2.24) is 10.0 Å². The highest BCUT2D eigenvalue weighted by Crippen LogP contribution is 2.22. The van der Waals surface area contributed by atoms with Crippen LogP contribution in [0.2, 0.25) is 0 Å². The lowest BCUT2D eigenvalue weighted by molar-refractivity contribution is -0.122. The van der Waals surface area contributed by atoms with E-state index in [-0.39, 0.29) is 16.6 Å². The van der Waals surface area contributed by atoms with Gasteiger partial charge in [-0.15, -0.1) is 0 Å². The molecule has 1 amide bonds. The van der Waals surface area contributed by atoms with Crippen molar-refractivity contribution in [2.75, 3.05) is 19.0 Å². The van der Waals surface area contributed by atoms with E-state index >= 15 is 0 Å². The Kier molecular flexibility index (Phi) is 5.18. The Bertz CT molecular complexity index is 982. The van der Waals surface area contributed by atoms with Crippen LogP contribution in [0.4, 0.5) is 5.69 Å². The zero-order chi connectivity index (χ0) is 19.6. The fraction of sp³-hybridized carbons (Fsp3) is 0.263. The van der Waals surface area contributed by atoms with Crippen molar-refractivity contribution in [2.24, 2.45) is 4.99 Å². The lowest BCUT2D eigenvalue weighted by Crippen LogP contribution is -2.33. The summed E-state index contributed by atoms with van der Waals surface area (Å²) in [5, 5.41) is 2.83. The van der Waals surface area contributed by atoms with E-state index in [0.29, 0.717) is 12.1 Å². The maximum atomic E-state index is 12.3. The fourth-order valence-corrected chi connectivity index (χ4v) is 3.97. The van der Waals surface area contributed by atoms with Gasteiger partial charge in [0.15, 0.2) is 0 Å². The first kappa shape index (κ1) is 18.9. The standard InChI is InChI=1S/C19H22N4O3S/c1-13(19(24)20-12-14-8-10-15(11-9-14)23(2)3)21-18-16-6-4-5-7-17(16)27(25,26)22-18/h4-11,13H,12H2,1-3H3,(H,20,24)(H,21,22)/t13-/m0/s1. The van der Waals surface area contributed by atoms with E-state index in [4.69, 9.17) is 0 Å². The highest BCUT2D eigenvalue weighted by atomic mass is 32.2. The molecule has 0 bridgehead atoms. The molecule has 0 unspecified atom stereocenters. The molecule has 0 radical (unpaired) electrons. The predicted octanol–water partition coefficient (Wildman–Crippen LogP) is 1.50. The van der Waals surface area contributed by atoms with E-state index in [0.717, 1.165) is 11.3 Å². The highest BCUT2D eigenvalue weighted by Gasteiger charge is 2.31. The van der Waals surface area contributed by atoms with Gasteiger partial charge < -0.3 is 10.2 Å². The third-order valence-electron chi connectivity index (χ3n) is 4.28. The van der Waals surface area contributed by atoms with Crippen LogP contribution < -0.4 is 14.9 Å². The van der Waals surface area contributed by atoms with Gasteiger partial charge in [0.25, 0.3) is 10.0 Å². The Labute approximate surface area is 159 Å². The van der Waals surface area contributed by atoms with Crippen LogP contribution >= 0.6 is 0 Å². The second-order valence-electron chi connectivity index (χ2n) is 6.53. The van der Waals surface area contributed by atoms with Gasteiger partial charge in [0.1, 0.15) is 11.9 Å². The molecule has 1 aliphatic rings. The number of aliphatic imine (C=N–C) groups is 1. The Morgan fingerprint density at radius 1 is 1.15 bits per heavy atom. The molecule has 1 heterocycles. The molecule has 2 N–H and O–H groups in total. The number of carbonyl (C=O) groups is 1. The van der Waals surface area contributed by atoms with E-state index in [1.54, 1.807) is 25.1 Å². The van der Waals surface area contributed by atoms with Crippen LogP contribution in [0.25, 0.3) is 0 Å². The molecular formula is C19H22N4O3S. The second-order valence-corrected chi connectivity index (χ2v) is 8.18. The highest BCUT2D eigenvalue weighted by molar-refractivity contribution is 7.90. The molecule has 1 atom stereocenters. The SMILES string of the molecule is C[C@H](N=C1NS(=O)(=O)c2ccccc21)C(=O)NCc1ccc(N(C)C)cc1. The summed E-state index contributed by atoms with van der Waals surface area (Å²) in [4.78, 5) is 18.8. The van der Waals surface area contributed by atoms with Gasteiger partial charge in [-0.05, 0) is 36.8 Å². The minimum atomic E-state index is -3.61. The van der Waals surface area contributed by atoms with Gasteiger partial charge in [-0.3, -0.25) is 14.5 Å². The number of sulfonamides is 1. The van der Waals surface area contributed by atoms with Crippen molar-refractivity contribution in [2.45, 2.75) is 24.4 Å². The number of fused-ring (bicyclic) bond motifs is 1. The second kappa shape index (κ2) is 7.40. The number of amides is 1. The molecule has 0 aliphatic carbocycles. The predicted molar refractivity (Wildman–Crippen MR) is 105 cm³/mol. The summed E-state index contributed by atoms with van der Waals surface area (Å²) >= 11 is 0. The topological polar surface area (TPSA) is 90.9 Å². The lowest BCUT2D eigenvalue weighted by atomic mass is 10.2. The molecule has 1 aliphatic heterocycles. The molecule has 0 spiro atoms. The molecule has 7 nitrogen and oxygen atoms in total. The number of hydrogen-bond donors (Lipinski definition) is 2. The van der Waals surface area contributed by atoms with Crippen molar-refractivity contribution in [3.63, 3.8) is 0 Å². The van der Waals surface area contributed by atoms with Crippen LogP contribution in [-0.2, 0) is 21.4 Å². The minimum absolute atomic E-state index is 0.178. The maximum absolute atomic E-state index is 12.3. The number of anilines is 1. The Morgan fingerprint density at radius 2 is 1.81 bits per heavy atom. The summed E-state index contributed by atoms with van der Waals surface area (Å²) < 4.78 is 26.6. The molecule has 0 saturated heterocycles. The third kappa shape index (κ3) is 4.11. The van der Waals surface area contributed by atoms with Gasteiger partial charge in [-0.2, -0.15) is 0 Å². The van der Waals surface area contributed by atoms with E-state index in [2.05, 4.69) is 15.0 Å². The van der Waals surface area contributed by atoms with Crippen LogP contribution in [0.5, 0.6) is 0 Å². The van der Waals surface area contributed by atoms with Gasteiger partial charge >= 0.3 is 0 Å². The summed E-state index contributed by atoms with van der Waals surface area (Å²) in [6.07, 6.45) is 0. The number of nitrogens with one attached hydrogen (secondary N) is 2. The fourth-order valence-electron chi connectivity index (χ4n) is 2.73. The molecule has 2 aromatic carbocycles. The lowest BCUT2D eigenvalue weighted by Gasteiger charge is -2.13. The van der Waals surface area contributed by atoms with Crippen molar-refractivity contribution >= 4 is 27.5 Å². The quantitative estimate of drug-likeness (QED) is 0.815. The average Bonchev–Trinajstić information content (AvgIpc) is 2.90. The largest absolute Gasteiger partial charge is 0.378 e. The molecular weight excluding hydrogens is 364 g/mol. The Morgan fingerprint density at radius 3 is 2.48 bits per heavy atom. The van der Waals surface area contributed by atoms with Crippen molar-refractivity contribution in [3.05, 3.63) is 59.7 Å². The van der Waals surface area contributed by atoms with Crippen molar-refractivity contribution < 1.29 is 13.2 Å². The molecule has 0 fully saturated rings. The van der Waals surface area contributed by atoms with Crippen LogP contribution in [0, 0.1) is 0 Å². The average molecular weight is 386 g/mol. The Hall–Kier alpha value is -2.87. The van der Waals surface area contributed by atoms with Gasteiger partial charge in [-0.25, -0.2) is 8.42 Å². The summed E-state index contributed by atoms with van der Waals surface area (Å²) in [5.41, 5.74) is 2.54. The number of nitrogens with zero attached hydrogens (tertiary/aromatic N) is 2. The molecule has 2 aromatic rings. The number of hydrogen-bond acceptors (Lipinski definition) is 5. The first-order valence-corrected chi connectivity index (χ1v) is 10.0. The van der Waals surface area contributed by atoms with E-state index in [1.165, 1.54) is 6.07 Å². The van der Waals surface area contributed by atoms with Gasteiger partial charge in [0.05, 0.1) is 4.90 Å². The Balaban J connectivity index is 1.67. The number of amidine groups is 1. The van der Waals surface area contributed by atoms with Crippen molar-refractivity contribution in [3.8, 4) is 0 Å². The summed E-state index contributed by atoms with van der Waals surface area (Å²) in [6, 6.07) is 13.7. The number of rotatable bonds is 5. The molecule has 142 valence electrons. The monoisotopic (exact) mass is 386 g/mol. The summed E-state index contributed by atoms with van der Waals surface area (Å²) in [6.45, 7) is 2.01. The summed E-state index contributed by atoms with van der Waals surface area (Å²) in [7, 11) is 0.322. The molecule has 3 rings (SSSR count). The van der Waals surface area contributed by atoms with Crippen LogP contribution in [0.3, 0.4) is 0 Å². The first-order valence-electron chi connectivity index (χ1n) is 8.52. The van der Waals surface area contributed by atoms with E-state index in [9.17, 15) is 13.2 Å². The molecule has 8 heteroatoms. The molecule has 27 heavy (non-hydrogen) atoms. The van der Waals surface area contributed by atoms with Crippen LogP contribution in [-0.4, -0.2) is 40.3 Å². The van der Waals surface area contributed by atoms with E-state index < -0.39 is 16.1 Å². The van der Waals surface area contributed by atoms with Crippen LogP contribution in [0.1, 0.15) is 18.1 Å². The van der Waals surface area contributed by atoms with Crippen molar-refractivity contribution in [1.29, 1.82) is 0 Å². The van der Waals surface area contributed by atoms with Gasteiger partial charge in [-0.1, -0.05) is 24.3 Å². The number of carbonyl (C=O) groups excluding carboxylic acids is 1. The van der Waals surface area contributed by atoms with Gasteiger partial charge in [0, 0.05) is 31.9 Å². The zero-order valence-corrected chi connectivity index (χ0v) is 16.2. The minimum Gasteiger partial charge on any atom is -0.378 e. The normalized spacial score (nSPS) is 17.1. The van der Waals surface area contributed by atoms with Crippen LogP contribution in [0.15, 0.2) is 58.4 Å². The third-order valence-corrected chi connectivity index (χ3v) is 5.68. The smallest absolute Gasteiger partial charge is 0.263 e. The van der Waals surface area contributed by atoms with Gasteiger partial charge in [0.2, 0.25) is 5.91 Å². The first-order chi connectivity index (χ1) is 12.8. The maximum Gasteiger partial charge on any atom is 0.263 e. The molecule has 0 aromatic heterocycles. The number of benzene rings is 2. The summed E-state index contributed by atoms with van der Waals surface area (Å²) in [5.74, 6) is -0.0775.